The summed E-state index contributed by atoms with van der Waals surface area (Å²) in [5.74, 6) is 0.437. The average Bonchev–Trinajstić information content (AvgIpc) is 2.84. The number of thioether (sulfide) groups is 1. The number of carbonyl (C=O) groups is 1. The molecule has 1 saturated heterocycles. The second-order valence-corrected chi connectivity index (χ2v) is 9.45. The Morgan fingerprint density at radius 1 is 1.12 bits per heavy atom. The van der Waals surface area contributed by atoms with Gasteiger partial charge in [0.25, 0.3) is 5.91 Å². The topological polar surface area (TPSA) is 59.4 Å². The summed E-state index contributed by atoms with van der Waals surface area (Å²) in [4.78, 5) is 19.3. The second-order valence-electron chi connectivity index (χ2n) is 8.37. The molecule has 2 aliphatic heterocycles. The van der Waals surface area contributed by atoms with Gasteiger partial charge in [0.1, 0.15) is 5.84 Å². The van der Waals surface area contributed by atoms with Gasteiger partial charge in [-0.3, -0.25) is 10.2 Å². The van der Waals surface area contributed by atoms with Crippen molar-refractivity contribution in [2.75, 3.05) is 31.1 Å². The van der Waals surface area contributed by atoms with E-state index in [0.29, 0.717) is 24.5 Å². The molecule has 2 N–H and O–H groups in total. The van der Waals surface area contributed by atoms with E-state index in [1.807, 2.05) is 54.3 Å². The van der Waals surface area contributed by atoms with Crippen LogP contribution in [0.4, 0.5) is 5.69 Å². The molecule has 0 atom stereocenters. The zero-order valence-corrected chi connectivity index (χ0v) is 19.6. The lowest BCUT2D eigenvalue weighted by Crippen LogP contribution is -2.34. The van der Waals surface area contributed by atoms with Gasteiger partial charge in [0, 0.05) is 23.5 Å². The minimum absolute atomic E-state index is 0.0422. The third-order valence-corrected chi connectivity index (χ3v) is 7.28. The lowest BCUT2D eigenvalue weighted by atomic mass is 10.1. The summed E-state index contributed by atoms with van der Waals surface area (Å²) in [7, 11) is 0. The van der Waals surface area contributed by atoms with Gasteiger partial charge in [0.15, 0.2) is 0 Å². The van der Waals surface area contributed by atoms with Crippen molar-refractivity contribution >= 4 is 29.2 Å². The van der Waals surface area contributed by atoms with Crippen LogP contribution in [0, 0.1) is 5.41 Å². The van der Waals surface area contributed by atoms with Gasteiger partial charge in [0.05, 0.1) is 10.6 Å². The van der Waals surface area contributed by atoms with E-state index in [0.717, 1.165) is 34.0 Å². The minimum atomic E-state index is -0.0422. The summed E-state index contributed by atoms with van der Waals surface area (Å²) in [5.41, 5.74) is 2.71. The average molecular weight is 449 g/mol. The summed E-state index contributed by atoms with van der Waals surface area (Å²) in [6, 6.07) is 16.0. The van der Waals surface area contributed by atoms with Gasteiger partial charge in [-0.15, -0.1) is 0 Å². The molecule has 2 aliphatic rings. The van der Waals surface area contributed by atoms with E-state index in [4.69, 9.17) is 5.41 Å². The number of carbonyl (C=O) groups excluding carboxylic acids is 1. The Morgan fingerprint density at radius 2 is 1.91 bits per heavy atom. The van der Waals surface area contributed by atoms with Crippen LogP contribution >= 0.6 is 11.8 Å². The number of hydrogen-bond acceptors (Lipinski definition) is 4. The highest BCUT2D eigenvalue weighted by Crippen LogP contribution is 2.42. The standard InChI is InChI=1S/C26H32N4OS/c1-2-23-25(27)30(19-20-10-5-3-6-11-20)22-18-21(12-13-24(22)32-23)26(31)28-14-9-17-29-15-7-4-8-16-29/h2-3,5-6,10-13,18,27H,4,7-9,14-17,19H2,1H3,(H,28,31). The third kappa shape index (κ3) is 5.43. The van der Waals surface area contributed by atoms with E-state index in [1.54, 1.807) is 11.8 Å². The lowest BCUT2D eigenvalue weighted by molar-refractivity contribution is 0.0951. The Bertz CT molecular complexity index is 983. The number of allylic oxidation sites excluding steroid dienone is 1. The molecule has 32 heavy (non-hydrogen) atoms. The Labute approximate surface area is 195 Å². The molecule has 2 aromatic rings. The van der Waals surface area contributed by atoms with Crippen molar-refractivity contribution < 1.29 is 4.79 Å². The van der Waals surface area contributed by atoms with E-state index < -0.39 is 0 Å². The number of amides is 1. The number of anilines is 1. The fourth-order valence-corrected chi connectivity index (χ4v) is 5.26. The second kappa shape index (κ2) is 10.8. The predicted molar refractivity (Wildman–Crippen MR) is 134 cm³/mol. The highest BCUT2D eigenvalue weighted by atomic mass is 32.2. The van der Waals surface area contributed by atoms with Crippen LogP contribution in [0.2, 0.25) is 0 Å². The largest absolute Gasteiger partial charge is 0.352 e. The van der Waals surface area contributed by atoms with Crippen LogP contribution in [0.15, 0.2) is 64.4 Å². The molecule has 1 fully saturated rings. The first-order chi connectivity index (χ1) is 15.7. The SMILES string of the molecule is CC=C1Sc2ccc(C(=O)NCCCN3CCCCC3)cc2N(Cc2ccccc2)C1=N. The van der Waals surface area contributed by atoms with Crippen molar-refractivity contribution in [3.8, 4) is 0 Å². The quantitative estimate of drug-likeness (QED) is 0.566. The maximum Gasteiger partial charge on any atom is 0.251 e. The fraction of sp³-hybridized carbons (Fsp3) is 0.385. The van der Waals surface area contributed by atoms with Crippen molar-refractivity contribution in [2.45, 2.75) is 44.0 Å². The fourth-order valence-electron chi connectivity index (χ4n) is 4.29. The summed E-state index contributed by atoms with van der Waals surface area (Å²) in [6.45, 7) is 6.68. The molecule has 0 unspecified atom stereocenters. The molecule has 0 bridgehead atoms. The maximum atomic E-state index is 12.8. The molecule has 168 valence electrons. The Morgan fingerprint density at radius 3 is 2.66 bits per heavy atom. The summed E-state index contributed by atoms with van der Waals surface area (Å²) < 4.78 is 0. The molecule has 0 aromatic heterocycles. The number of amidine groups is 1. The molecule has 4 rings (SSSR count). The Hall–Kier alpha value is -2.57. The van der Waals surface area contributed by atoms with Crippen LogP contribution in [0.1, 0.15) is 48.5 Å². The van der Waals surface area contributed by atoms with Crippen LogP contribution < -0.4 is 10.2 Å². The minimum Gasteiger partial charge on any atom is -0.352 e. The monoisotopic (exact) mass is 448 g/mol. The van der Waals surface area contributed by atoms with Crippen molar-refractivity contribution in [3.63, 3.8) is 0 Å². The van der Waals surface area contributed by atoms with Gasteiger partial charge in [-0.25, -0.2) is 0 Å². The van der Waals surface area contributed by atoms with Crippen molar-refractivity contribution in [1.29, 1.82) is 5.41 Å². The van der Waals surface area contributed by atoms with Gasteiger partial charge in [0.2, 0.25) is 0 Å². The molecular formula is C26H32N4OS. The predicted octanol–water partition coefficient (Wildman–Crippen LogP) is 5.29. The zero-order chi connectivity index (χ0) is 22.3. The van der Waals surface area contributed by atoms with Crippen LogP contribution in [-0.4, -0.2) is 42.8 Å². The molecule has 2 aromatic carbocycles. The van der Waals surface area contributed by atoms with E-state index >= 15 is 0 Å². The number of fused-ring (bicyclic) bond motifs is 1. The van der Waals surface area contributed by atoms with Gasteiger partial charge >= 0.3 is 0 Å². The molecule has 1 amide bonds. The smallest absolute Gasteiger partial charge is 0.251 e. The number of piperidine rings is 1. The number of benzene rings is 2. The van der Waals surface area contributed by atoms with E-state index in [1.165, 1.54) is 32.4 Å². The highest BCUT2D eigenvalue weighted by Gasteiger charge is 2.27. The molecule has 2 heterocycles. The molecule has 0 aliphatic carbocycles. The van der Waals surface area contributed by atoms with Crippen molar-refractivity contribution in [3.05, 3.63) is 70.6 Å². The summed E-state index contributed by atoms with van der Waals surface area (Å²) in [6.07, 6.45) is 6.89. The Kier molecular flexibility index (Phi) is 7.66. The van der Waals surface area contributed by atoms with E-state index in [-0.39, 0.29) is 5.91 Å². The van der Waals surface area contributed by atoms with Crippen LogP contribution in [0.5, 0.6) is 0 Å². The first kappa shape index (κ1) is 22.6. The summed E-state index contributed by atoms with van der Waals surface area (Å²) >= 11 is 1.59. The van der Waals surface area contributed by atoms with Gasteiger partial charge in [-0.2, -0.15) is 0 Å². The van der Waals surface area contributed by atoms with Crippen LogP contribution in [0.25, 0.3) is 0 Å². The molecule has 6 heteroatoms. The zero-order valence-electron chi connectivity index (χ0n) is 18.8. The van der Waals surface area contributed by atoms with E-state index in [9.17, 15) is 4.79 Å². The number of nitrogens with zero attached hydrogens (tertiary/aromatic N) is 2. The number of likely N-dealkylation sites (tertiary alicyclic amines) is 1. The van der Waals surface area contributed by atoms with Gasteiger partial charge < -0.3 is 15.1 Å². The van der Waals surface area contributed by atoms with Crippen molar-refractivity contribution in [1.82, 2.24) is 10.2 Å². The normalized spacial score (nSPS) is 18.0. The Balaban J connectivity index is 1.45. The van der Waals surface area contributed by atoms with Crippen LogP contribution in [-0.2, 0) is 6.54 Å². The maximum absolute atomic E-state index is 12.8. The first-order valence-electron chi connectivity index (χ1n) is 11.5. The van der Waals surface area contributed by atoms with Gasteiger partial charge in [-0.05, 0) is 69.6 Å². The summed E-state index contributed by atoms with van der Waals surface area (Å²) in [5, 5.41) is 11.8. The first-order valence-corrected chi connectivity index (χ1v) is 12.4. The molecular weight excluding hydrogens is 416 g/mol. The molecule has 5 nitrogen and oxygen atoms in total. The molecule has 0 saturated carbocycles. The molecule has 0 spiro atoms. The number of nitrogens with one attached hydrogen (secondary N) is 2. The number of hydrogen-bond donors (Lipinski definition) is 2. The number of rotatable bonds is 7. The highest BCUT2D eigenvalue weighted by molar-refractivity contribution is 8.04. The van der Waals surface area contributed by atoms with Crippen LogP contribution in [0.3, 0.4) is 0 Å². The lowest BCUT2D eigenvalue weighted by Gasteiger charge is -2.33. The van der Waals surface area contributed by atoms with E-state index in [2.05, 4.69) is 22.3 Å². The van der Waals surface area contributed by atoms with Crippen molar-refractivity contribution in [2.24, 2.45) is 0 Å². The third-order valence-electron chi connectivity index (χ3n) is 6.07. The molecule has 0 radical (unpaired) electrons. The van der Waals surface area contributed by atoms with Gasteiger partial charge in [-0.1, -0.05) is 54.6 Å².